The van der Waals surface area contributed by atoms with Crippen LogP contribution in [0.25, 0.3) is 10.6 Å². The molecule has 0 aliphatic rings. The number of aromatic nitrogens is 1. The minimum Gasteiger partial charge on any atom is -0.366 e. The molecule has 0 unspecified atom stereocenters. The Morgan fingerprint density at radius 1 is 1.19 bits per heavy atom. The van der Waals surface area contributed by atoms with E-state index in [2.05, 4.69) is 10.3 Å². The summed E-state index contributed by atoms with van der Waals surface area (Å²) in [6.07, 6.45) is 0.579. The first kappa shape index (κ1) is 18.7. The maximum absolute atomic E-state index is 13.1. The second-order valence-electron chi connectivity index (χ2n) is 6.01. The number of nitrogens with one attached hydrogen (secondary N) is 1. The number of hydrogen-bond acceptors (Lipinski definition) is 4. The summed E-state index contributed by atoms with van der Waals surface area (Å²) in [5, 5.41) is 3.54. The molecule has 138 valence electrons. The van der Waals surface area contributed by atoms with E-state index in [0.717, 1.165) is 11.1 Å². The zero-order valence-corrected chi connectivity index (χ0v) is 15.5. The van der Waals surface area contributed by atoms with Crippen molar-refractivity contribution < 1.29 is 14.0 Å². The van der Waals surface area contributed by atoms with Crippen molar-refractivity contribution in [2.75, 3.05) is 6.54 Å². The van der Waals surface area contributed by atoms with Gasteiger partial charge in [-0.1, -0.05) is 12.1 Å². The second kappa shape index (κ2) is 8.09. The molecule has 5 nitrogen and oxygen atoms in total. The van der Waals surface area contributed by atoms with Crippen LogP contribution in [0.1, 0.15) is 31.3 Å². The Kier molecular flexibility index (Phi) is 5.61. The number of nitrogens with zero attached hydrogens (tertiary/aromatic N) is 1. The Bertz CT molecular complexity index is 983. The van der Waals surface area contributed by atoms with E-state index in [1.54, 1.807) is 37.3 Å². The number of aryl methyl sites for hydroxylation is 1. The number of amides is 2. The second-order valence-corrected chi connectivity index (χ2v) is 7.01. The Hall–Kier alpha value is -3.06. The standard InChI is InChI=1S/C20H18FN3O2S/c1-12-17(27-20(24-12)14-5-7-16(21)8-6-14)19(26)23-10-9-13-3-2-4-15(11-13)18(22)25/h2-8,11H,9-10H2,1H3,(H2,22,25)(H,23,26). The van der Waals surface area contributed by atoms with Gasteiger partial charge in [-0.2, -0.15) is 0 Å². The van der Waals surface area contributed by atoms with E-state index >= 15 is 0 Å². The molecule has 0 atom stereocenters. The molecular weight excluding hydrogens is 365 g/mol. The van der Waals surface area contributed by atoms with Crippen LogP contribution in [-0.4, -0.2) is 23.3 Å². The van der Waals surface area contributed by atoms with Crippen LogP contribution in [0.15, 0.2) is 48.5 Å². The minimum absolute atomic E-state index is 0.204. The highest BCUT2D eigenvalue weighted by atomic mass is 32.1. The first-order valence-electron chi connectivity index (χ1n) is 8.34. The van der Waals surface area contributed by atoms with Gasteiger partial charge in [0.05, 0.1) is 5.69 Å². The van der Waals surface area contributed by atoms with Crippen molar-refractivity contribution in [3.05, 3.63) is 76.0 Å². The van der Waals surface area contributed by atoms with Crippen LogP contribution in [0, 0.1) is 12.7 Å². The third kappa shape index (κ3) is 4.57. The lowest BCUT2D eigenvalue weighted by Crippen LogP contribution is -2.25. The SMILES string of the molecule is Cc1nc(-c2ccc(F)cc2)sc1C(=O)NCCc1cccc(C(N)=O)c1. The molecule has 1 heterocycles. The molecule has 1 aromatic heterocycles. The summed E-state index contributed by atoms with van der Waals surface area (Å²) in [4.78, 5) is 28.6. The van der Waals surface area contributed by atoms with Gasteiger partial charge in [0.15, 0.2) is 0 Å². The Morgan fingerprint density at radius 3 is 2.63 bits per heavy atom. The van der Waals surface area contributed by atoms with Gasteiger partial charge in [0.25, 0.3) is 5.91 Å². The van der Waals surface area contributed by atoms with Crippen LogP contribution in [0.2, 0.25) is 0 Å². The molecule has 7 heteroatoms. The lowest BCUT2D eigenvalue weighted by Gasteiger charge is -2.05. The summed E-state index contributed by atoms with van der Waals surface area (Å²) in [5.74, 6) is -0.996. The smallest absolute Gasteiger partial charge is 0.263 e. The third-order valence-corrected chi connectivity index (χ3v) is 5.21. The monoisotopic (exact) mass is 383 g/mol. The number of benzene rings is 2. The normalized spacial score (nSPS) is 10.6. The van der Waals surface area contributed by atoms with Gasteiger partial charge in [-0.05, 0) is 55.3 Å². The topological polar surface area (TPSA) is 85.1 Å². The molecule has 0 saturated carbocycles. The van der Waals surface area contributed by atoms with Crippen molar-refractivity contribution in [2.45, 2.75) is 13.3 Å². The Balaban J connectivity index is 1.64. The van der Waals surface area contributed by atoms with Crippen LogP contribution in [0.4, 0.5) is 4.39 Å². The zero-order valence-electron chi connectivity index (χ0n) is 14.7. The largest absolute Gasteiger partial charge is 0.366 e. The van der Waals surface area contributed by atoms with Gasteiger partial charge in [0.1, 0.15) is 15.7 Å². The van der Waals surface area contributed by atoms with Gasteiger partial charge in [0.2, 0.25) is 5.91 Å². The number of thiazole rings is 1. The van der Waals surface area contributed by atoms with E-state index in [1.165, 1.54) is 23.5 Å². The summed E-state index contributed by atoms with van der Waals surface area (Å²) >= 11 is 1.27. The average Bonchev–Trinajstić information content (AvgIpc) is 3.04. The predicted octanol–water partition coefficient (Wildman–Crippen LogP) is 3.33. The lowest BCUT2D eigenvalue weighted by molar-refractivity contribution is 0.0955. The maximum atomic E-state index is 13.1. The van der Waals surface area contributed by atoms with Crippen LogP contribution >= 0.6 is 11.3 Å². The molecule has 0 radical (unpaired) electrons. The number of hydrogen-bond donors (Lipinski definition) is 2. The molecule has 3 aromatic rings. The Morgan fingerprint density at radius 2 is 1.93 bits per heavy atom. The first-order valence-corrected chi connectivity index (χ1v) is 9.16. The zero-order chi connectivity index (χ0) is 19.4. The van der Waals surface area contributed by atoms with Gasteiger partial charge in [-0.3, -0.25) is 9.59 Å². The van der Waals surface area contributed by atoms with Crippen LogP contribution in [0.3, 0.4) is 0 Å². The fourth-order valence-electron chi connectivity index (χ4n) is 2.60. The summed E-state index contributed by atoms with van der Waals surface area (Å²) in [6, 6.07) is 13.0. The van der Waals surface area contributed by atoms with Gasteiger partial charge >= 0.3 is 0 Å². The number of halogens is 1. The van der Waals surface area contributed by atoms with E-state index in [0.29, 0.717) is 34.1 Å². The van der Waals surface area contributed by atoms with Crippen LogP contribution in [-0.2, 0) is 6.42 Å². The average molecular weight is 383 g/mol. The predicted molar refractivity (Wildman–Crippen MR) is 103 cm³/mol. The summed E-state index contributed by atoms with van der Waals surface area (Å²) in [6.45, 7) is 2.19. The van der Waals surface area contributed by atoms with E-state index in [1.807, 2.05) is 6.07 Å². The highest BCUT2D eigenvalue weighted by Crippen LogP contribution is 2.28. The van der Waals surface area contributed by atoms with E-state index < -0.39 is 5.91 Å². The molecule has 0 aliphatic heterocycles. The quantitative estimate of drug-likeness (QED) is 0.685. The molecular formula is C20H18FN3O2S. The van der Waals surface area contributed by atoms with Gasteiger partial charge in [0, 0.05) is 17.7 Å². The lowest BCUT2D eigenvalue weighted by atomic mass is 10.1. The Labute approximate surface area is 160 Å². The maximum Gasteiger partial charge on any atom is 0.263 e. The first-order chi connectivity index (χ1) is 12.9. The molecule has 0 fully saturated rings. The minimum atomic E-state index is -0.477. The molecule has 3 N–H and O–H groups in total. The highest BCUT2D eigenvalue weighted by molar-refractivity contribution is 7.17. The third-order valence-electron chi connectivity index (χ3n) is 4.00. The van der Waals surface area contributed by atoms with Gasteiger partial charge < -0.3 is 11.1 Å². The summed E-state index contributed by atoms with van der Waals surface area (Å²) < 4.78 is 13.1. The van der Waals surface area contributed by atoms with Crippen LogP contribution < -0.4 is 11.1 Å². The number of carbonyl (C=O) groups is 2. The molecule has 0 aliphatic carbocycles. The van der Waals surface area contributed by atoms with E-state index in [4.69, 9.17) is 5.73 Å². The van der Waals surface area contributed by atoms with Crippen molar-refractivity contribution >= 4 is 23.2 Å². The number of rotatable bonds is 6. The van der Waals surface area contributed by atoms with Crippen molar-refractivity contribution in [1.82, 2.24) is 10.3 Å². The van der Waals surface area contributed by atoms with Crippen molar-refractivity contribution in [1.29, 1.82) is 0 Å². The molecule has 3 rings (SSSR count). The fraction of sp³-hybridized carbons (Fsp3) is 0.150. The van der Waals surface area contributed by atoms with Crippen molar-refractivity contribution in [2.24, 2.45) is 5.73 Å². The van der Waals surface area contributed by atoms with Crippen LogP contribution in [0.5, 0.6) is 0 Å². The van der Waals surface area contributed by atoms with Gasteiger partial charge in [-0.25, -0.2) is 9.37 Å². The summed E-state index contributed by atoms with van der Waals surface area (Å²) in [7, 11) is 0. The number of primary amides is 1. The molecule has 0 saturated heterocycles. The molecule has 27 heavy (non-hydrogen) atoms. The van der Waals surface area contributed by atoms with Crippen molar-refractivity contribution in [3.8, 4) is 10.6 Å². The summed E-state index contributed by atoms with van der Waals surface area (Å²) in [5.41, 5.74) is 8.04. The molecule has 0 bridgehead atoms. The molecule has 0 spiro atoms. The highest BCUT2D eigenvalue weighted by Gasteiger charge is 2.16. The van der Waals surface area contributed by atoms with E-state index in [-0.39, 0.29) is 11.7 Å². The fourth-order valence-corrected chi connectivity index (χ4v) is 3.59. The molecule has 2 aromatic carbocycles. The molecule has 2 amide bonds. The van der Waals surface area contributed by atoms with Crippen molar-refractivity contribution in [3.63, 3.8) is 0 Å². The number of carbonyl (C=O) groups excluding carboxylic acids is 2. The van der Waals surface area contributed by atoms with E-state index in [9.17, 15) is 14.0 Å². The van der Waals surface area contributed by atoms with Gasteiger partial charge in [-0.15, -0.1) is 11.3 Å². The number of nitrogens with two attached hydrogens (primary N) is 1.